The molecule has 1 aliphatic heterocycles. The first-order chi connectivity index (χ1) is 19.1. The van der Waals surface area contributed by atoms with Crippen LogP contribution >= 0.6 is 0 Å². The lowest BCUT2D eigenvalue weighted by molar-refractivity contribution is -0.319. The maximum Gasteiger partial charge on any atom is 0.187 e. The third-order valence-electron chi connectivity index (χ3n) is 10.1. The molecule has 3 aliphatic carbocycles. The molecule has 2 fully saturated rings. The Morgan fingerprint density at radius 2 is 1.80 bits per heavy atom. The van der Waals surface area contributed by atoms with Crippen molar-refractivity contribution >= 4 is 0 Å². The standard InChI is InChI=1S/C32H52O9/c1-9-30(5,6)39-15-22-25(34)26(35)27(36)29(40-22)41-28-23-19(17(2)3)10-12-31(23,7)14-21-20(18(4)24(28)33)11-13-32(21,37)16-38-8/h9,14,17-18,20,22,24-29,33-37H,1,10-13,15-16H2,2-8H3/t18-,20+,22-,24-,25-,26+,27-,28-,29-,31-,32+/m1/s1. The summed E-state index contributed by atoms with van der Waals surface area (Å²) in [5, 5.41) is 56.1. The molecule has 1 saturated heterocycles. The lowest BCUT2D eigenvalue weighted by atomic mass is 9.68. The van der Waals surface area contributed by atoms with Crippen molar-refractivity contribution in [2.75, 3.05) is 20.3 Å². The van der Waals surface area contributed by atoms with Gasteiger partial charge in [-0.15, -0.1) is 6.58 Å². The van der Waals surface area contributed by atoms with Crippen molar-refractivity contribution in [2.45, 2.75) is 121 Å². The average molecular weight is 581 g/mol. The van der Waals surface area contributed by atoms with Crippen LogP contribution in [0.4, 0.5) is 0 Å². The summed E-state index contributed by atoms with van der Waals surface area (Å²) in [6.45, 7) is 15.9. The summed E-state index contributed by atoms with van der Waals surface area (Å²) in [5.74, 6) is -0.182. The molecular weight excluding hydrogens is 528 g/mol. The molecule has 0 aromatic rings. The monoisotopic (exact) mass is 580 g/mol. The highest BCUT2D eigenvalue weighted by Crippen LogP contribution is 2.56. The normalized spacial score (nSPS) is 43.4. The van der Waals surface area contributed by atoms with Gasteiger partial charge in [-0.3, -0.25) is 0 Å². The van der Waals surface area contributed by atoms with Crippen molar-refractivity contribution in [1.29, 1.82) is 0 Å². The van der Waals surface area contributed by atoms with Gasteiger partial charge in [0.2, 0.25) is 0 Å². The lowest BCUT2D eigenvalue weighted by Crippen LogP contribution is -2.61. The van der Waals surface area contributed by atoms with Gasteiger partial charge in [-0.05, 0) is 68.4 Å². The number of hydrogen-bond acceptors (Lipinski definition) is 9. The first-order valence-electron chi connectivity index (χ1n) is 15.1. The van der Waals surface area contributed by atoms with Crippen LogP contribution in [0.15, 0.2) is 35.5 Å². The van der Waals surface area contributed by atoms with Crippen molar-refractivity contribution in [3.8, 4) is 0 Å². The van der Waals surface area contributed by atoms with Crippen LogP contribution in [0, 0.1) is 23.2 Å². The van der Waals surface area contributed by atoms with Crippen molar-refractivity contribution in [2.24, 2.45) is 23.2 Å². The van der Waals surface area contributed by atoms with Crippen LogP contribution in [0.5, 0.6) is 0 Å². The molecule has 4 aliphatic rings. The average Bonchev–Trinajstić information content (AvgIpc) is 3.42. The summed E-state index contributed by atoms with van der Waals surface area (Å²) in [7, 11) is 1.59. The number of ether oxygens (including phenoxy) is 4. The quantitative estimate of drug-likeness (QED) is 0.261. The first-order valence-corrected chi connectivity index (χ1v) is 15.1. The molecule has 4 rings (SSSR count). The zero-order valence-corrected chi connectivity index (χ0v) is 25.7. The summed E-state index contributed by atoms with van der Waals surface area (Å²) in [5.41, 5.74) is 0.727. The molecule has 1 saturated carbocycles. The van der Waals surface area contributed by atoms with Crippen molar-refractivity contribution < 1.29 is 44.5 Å². The summed E-state index contributed by atoms with van der Waals surface area (Å²) in [6, 6.07) is 0. The largest absolute Gasteiger partial charge is 0.390 e. The molecule has 1 heterocycles. The van der Waals surface area contributed by atoms with Crippen LogP contribution in [-0.2, 0) is 18.9 Å². The fourth-order valence-corrected chi connectivity index (χ4v) is 7.35. The van der Waals surface area contributed by atoms with Gasteiger partial charge in [0.05, 0.1) is 24.9 Å². The fourth-order valence-electron chi connectivity index (χ4n) is 7.35. The van der Waals surface area contributed by atoms with Crippen LogP contribution in [0.2, 0.25) is 0 Å². The number of hydrogen-bond donors (Lipinski definition) is 5. The van der Waals surface area contributed by atoms with Gasteiger partial charge in [-0.25, -0.2) is 0 Å². The Morgan fingerprint density at radius 1 is 1.12 bits per heavy atom. The van der Waals surface area contributed by atoms with E-state index < -0.39 is 59.5 Å². The Morgan fingerprint density at radius 3 is 2.41 bits per heavy atom. The fraction of sp³-hybridized carbons (Fsp3) is 0.812. The molecular formula is C32H52O9. The van der Waals surface area contributed by atoms with E-state index in [1.807, 2.05) is 20.8 Å². The summed E-state index contributed by atoms with van der Waals surface area (Å²) < 4.78 is 23.9. The molecule has 9 heteroatoms. The van der Waals surface area contributed by atoms with Gasteiger partial charge in [0.15, 0.2) is 6.29 Å². The van der Waals surface area contributed by atoms with Gasteiger partial charge in [-0.2, -0.15) is 0 Å². The number of aliphatic hydroxyl groups is 5. The minimum atomic E-state index is -1.54. The third-order valence-corrected chi connectivity index (χ3v) is 10.1. The van der Waals surface area contributed by atoms with E-state index in [4.69, 9.17) is 18.9 Å². The molecule has 0 bridgehead atoms. The third kappa shape index (κ3) is 6.12. The number of aliphatic hydroxyl groups excluding tert-OH is 4. The van der Waals surface area contributed by atoms with Crippen LogP contribution in [0.25, 0.3) is 0 Å². The zero-order valence-electron chi connectivity index (χ0n) is 25.7. The van der Waals surface area contributed by atoms with Gasteiger partial charge < -0.3 is 44.5 Å². The second-order valence-electron chi connectivity index (χ2n) is 13.8. The molecule has 5 N–H and O–H groups in total. The van der Waals surface area contributed by atoms with Crippen LogP contribution in [0.1, 0.15) is 67.2 Å². The topological polar surface area (TPSA) is 138 Å². The Balaban J connectivity index is 1.73. The van der Waals surface area contributed by atoms with Gasteiger partial charge in [0.25, 0.3) is 0 Å². The van der Waals surface area contributed by atoms with E-state index >= 15 is 0 Å². The van der Waals surface area contributed by atoms with Crippen molar-refractivity contribution in [3.63, 3.8) is 0 Å². The van der Waals surface area contributed by atoms with E-state index in [1.165, 1.54) is 5.57 Å². The molecule has 0 aromatic carbocycles. The van der Waals surface area contributed by atoms with E-state index in [-0.39, 0.29) is 31.0 Å². The molecule has 0 aromatic heterocycles. The molecule has 41 heavy (non-hydrogen) atoms. The van der Waals surface area contributed by atoms with E-state index in [1.54, 1.807) is 13.2 Å². The maximum absolute atomic E-state index is 12.0. The Kier molecular flexibility index (Phi) is 9.67. The second-order valence-corrected chi connectivity index (χ2v) is 13.8. The minimum absolute atomic E-state index is 0.0582. The van der Waals surface area contributed by atoms with E-state index in [2.05, 4.69) is 33.4 Å². The second kappa shape index (κ2) is 12.1. The number of fused-ring (bicyclic) bond motifs is 2. The van der Waals surface area contributed by atoms with Gasteiger partial charge >= 0.3 is 0 Å². The van der Waals surface area contributed by atoms with Crippen LogP contribution in [-0.4, -0.2) is 100.0 Å². The highest BCUT2D eigenvalue weighted by molar-refractivity contribution is 5.42. The zero-order chi connectivity index (χ0) is 30.5. The summed E-state index contributed by atoms with van der Waals surface area (Å²) >= 11 is 0. The summed E-state index contributed by atoms with van der Waals surface area (Å²) in [4.78, 5) is 0. The number of rotatable bonds is 9. The molecule has 0 unspecified atom stereocenters. The Bertz CT molecular complexity index is 1020. The summed E-state index contributed by atoms with van der Waals surface area (Å²) in [6.07, 6.45) is -1.90. The van der Waals surface area contributed by atoms with Gasteiger partial charge in [0.1, 0.15) is 36.1 Å². The molecule has 0 amide bonds. The molecule has 0 spiro atoms. The molecule has 0 radical (unpaired) electrons. The van der Waals surface area contributed by atoms with E-state index in [9.17, 15) is 25.5 Å². The van der Waals surface area contributed by atoms with Crippen LogP contribution in [0.3, 0.4) is 0 Å². The highest BCUT2D eigenvalue weighted by atomic mass is 16.7. The number of methoxy groups -OCH3 is 1. The number of allylic oxidation sites excluding steroid dienone is 2. The molecule has 9 nitrogen and oxygen atoms in total. The van der Waals surface area contributed by atoms with Gasteiger partial charge in [0, 0.05) is 12.5 Å². The smallest absolute Gasteiger partial charge is 0.187 e. The predicted octanol–water partition coefficient (Wildman–Crippen LogP) is 2.64. The van der Waals surface area contributed by atoms with Crippen LogP contribution < -0.4 is 0 Å². The van der Waals surface area contributed by atoms with Crippen molar-refractivity contribution in [3.05, 3.63) is 35.5 Å². The first kappa shape index (κ1) is 32.8. The molecule has 234 valence electrons. The molecule has 11 atom stereocenters. The van der Waals surface area contributed by atoms with Crippen molar-refractivity contribution in [1.82, 2.24) is 0 Å². The highest BCUT2D eigenvalue weighted by Gasteiger charge is 2.55. The minimum Gasteiger partial charge on any atom is -0.390 e. The Hall–Kier alpha value is -1.14. The maximum atomic E-state index is 12.0. The van der Waals surface area contributed by atoms with Gasteiger partial charge in [-0.1, -0.05) is 45.4 Å². The van der Waals surface area contributed by atoms with E-state index in [0.29, 0.717) is 12.8 Å². The Labute approximate surface area is 244 Å². The predicted molar refractivity (Wildman–Crippen MR) is 154 cm³/mol. The lowest BCUT2D eigenvalue weighted by Gasteiger charge is -2.46. The SMILES string of the molecule is C=CC(C)(C)OC[C@H]1O[C@H](O[C@@H]2C3=C(C(C)C)CC[C@]3(C)C=C3[C@@H](CC[C@]3(O)COC)[C@@H](C)[C@H]2O)[C@H](O)[C@@H](O)[C@@H]1O. The van der Waals surface area contributed by atoms with E-state index in [0.717, 1.165) is 24.0 Å².